The Hall–Kier alpha value is -8.54. The minimum absolute atomic E-state index is 0.638. The molecule has 5 nitrogen and oxygen atoms in total. The Morgan fingerprint density at radius 1 is 0.302 bits per heavy atom. The van der Waals surface area contributed by atoms with Crippen LogP contribution in [0.3, 0.4) is 0 Å². The van der Waals surface area contributed by atoms with Crippen LogP contribution in [0.4, 0.5) is 0 Å². The van der Waals surface area contributed by atoms with Crippen LogP contribution in [0.1, 0.15) is 0 Å². The molecule has 292 valence electrons. The van der Waals surface area contributed by atoms with Gasteiger partial charge in [0.05, 0.1) is 50.0 Å². The van der Waals surface area contributed by atoms with Crippen LogP contribution in [-0.2, 0) is 0 Å². The van der Waals surface area contributed by atoms with Gasteiger partial charge >= 0.3 is 0 Å². The van der Waals surface area contributed by atoms with Crippen molar-refractivity contribution < 1.29 is 0 Å². The van der Waals surface area contributed by atoms with Gasteiger partial charge in [-0.2, -0.15) is 0 Å². The second-order valence-electron chi connectivity index (χ2n) is 16.5. The predicted octanol–water partition coefficient (Wildman–Crippen LogP) is 14.9. The number of rotatable bonds is 4. The lowest BCUT2D eigenvalue weighted by molar-refractivity contribution is 1.01. The van der Waals surface area contributed by atoms with Gasteiger partial charge in [-0.1, -0.05) is 146 Å². The van der Waals surface area contributed by atoms with Crippen molar-refractivity contribution in [3.05, 3.63) is 212 Å². The lowest BCUT2D eigenvalue weighted by Gasteiger charge is -2.14. The van der Waals surface area contributed by atoms with Crippen LogP contribution in [-0.4, -0.2) is 23.7 Å². The van der Waals surface area contributed by atoms with Crippen molar-refractivity contribution in [2.45, 2.75) is 0 Å². The van der Waals surface area contributed by atoms with Crippen LogP contribution in [0.2, 0.25) is 0 Å². The second kappa shape index (κ2) is 13.0. The van der Waals surface area contributed by atoms with E-state index in [0.717, 1.165) is 71.8 Å². The number of hydrogen-bond acceptors (Lipinski definition) is 2. The molecule has 0 fully saturated rings. The zero-order valence-electron chi connectivity index (χ0n) is 33.9. The fraction of sp³-hybridized carbons (Fsp3) is 0. The Balaban J connectivity index is 1.07. The van der Waals surface area contributed by atoms with Crippen LogP contribution in [0.5, 0.6) is 0 Å². The molecule has 14 aromatic rings. The Morgan fingerprint density at radius 3 is 1.73 bits per heavy atom. The highest BCUT2D eigenvalue weighted by Crippen LogP contribution is 2.43. The predicted molar refractivity (Wildman–Crippen MR) is 263 cm³/mol. The average Bonchev–Trinajstić information content (AvgIpc) is 3.99. The van der Waals surface area contributed by atoms with E-state index in [2.05, 4.69) is 226 Å². The lowest BCUT2D eigenvalue weighted by Crippen LogP contribution is -2.04. The Bertz CT molecular complexity index is 4210. The molecular weight excluding hydrogens is 767 g/mol. The molecule has 0 unspecified atom stereocenters. The largest absolute Gasteiger partial charge is 0.309 e. The van der Waals surface area contributed by atoms with E-state index in [0.29, 0.717) is 5.95 Å². The number of fused-ring (bicyclic) bond motifs is 13. The number of benzene rings is 10. The van der Waals surface area contributed by atoms with E-state index >= 15 is 0 Å². The van der Waals surface area contributed by atoms with Crippen molar-refractivity contribution >= 4 is 97.9 Å². The highest BCUT2D eigenvalue weighted by Gasteiger charge is 2.23. The van der Waals surface area contributed by atoms with Gasteiger partial charge in [0, 0.05) is 54.3 Å². The highest BCUT2D eigenvalue weighted by molar-refractivity contribution is 6.23. The van der Waals surface area contributed by atoms with E-state index < -0.39 is 0 Å². The monoisotopic (exact) mass is 801 g/mol. The third-order valence-corrected chi connectivity index (χ3v) is 13.2. The molecule has 0 saturated carbocycles. The summed E-state index contributed by atoms with van der Waals surface area (Å²) in [4.78, 5) is 11.1. The number of hydrogen-bond donors (Lipinski definition) is 0. The van der Waals surface area contributed by atoms with E-state index in [4.69, 9.17) is 9.97 Å². The third-order valence-electron chi connectivity index (χ3n) is 13.2. The number of para-hydroxylation sites is 5. The molecule has 4 aromatic heterocycles. The summed E-state index contributed by atoms with van der Waals surface area (Å²) >= 11 is 0. The van der Waals surface area contributed by atoms with E-state index in [1.165, 1.54) is 48.7 Å². The summed E-state index contributed by atoms with van der Waals surface area (Å²) in [5.41, 5.74) is 11.9. The van der Waals surface area contributed by atoms with E-state index in [1.54, 1.807) is 0 Å². The maximum atomic E-state index is 5.65. The first-order valence-electron chi connectivity index (χ1n) is 21.5. The van der Waals surface area contributed by atoms with Gasteiger partial charge in [0.15, 0.2) is 0 Å². The Labute approximate surface area is 360 Å². The molecule has 0 spiro atoms. The first kappa shape index (κ1) is 34.2. The molecule has 0 bridgehead atoms. The van der Waals surface area contributed by atoms with Crippen LogP contribution >= 0.6 is 0 Å². The van der Waals surface area contributed by atoms with Crippen molar-refractivity contribution in [2.24, 2.45) is 0 Å². The normalized spacial score (nSPS) is 12.1. The maximum Gasteiger partial charge on any atom is 0.235 e. The topological polar surface area (TPSA) is 40.6 Å². The molecular formula is C58H35N5. The molecule has 10 aromatic carbocycles. The molecule has 0 atom stereocenters. The summed E-state index contributed by atoms with van der Waals surface area (Å²) in [6.07, 6.45) is 0. The van der Waals surface area contributed by atoms with Crippen LogP contribution in [0, 0.1) is 0 Å². The number of aromatic nitrogens is 5. The third kappa shape index (κ3) is 4.82. The summed E-state index contributed by atoms with van der Waals surface area (Å²) in [5, 5.41) is 13.0. The SMILES string of the molecule is c1ccc(-n2c3ccccc3c3c(-c4nc(-n5c6ccccc6c6cc7cccc(-n8c9ccccc9c9c%10ccccc%10ccc98)c7cc65)nc5ccccc45)cccc32)cc1. The molecule has 63 heavy (non-hydrogen) atoms. The van der Waals surface area contributed by atoms with Crippen molar-refractivity contribution in [1.29, 1.82) is 0 Å². The quantitative estimate of drug-likeness (QED) is 0.178. The van der Waals surface area contributed by atoms with Crippen LogP contribution in [0.25, 0.3) is 126 Å². The fourth-order valence-corrected chi connectivity index (χ4v) is 10.6. The van der Waals surface area contributed by atoms with Crippen molar-refractivity contribution in [2.75, 3.05) is 0 Å². The number of nitrogens with zero attached hydrogens (tertiary/aromatic N) is 5. The van der Waals surface area contributed by atoms with Gasteiger partial charge < -0.3 is 9.13 Å². The summed E-state index contributed by atoms with van der Waals surface area (Å²) < 4.78 is 7.10. The van der Waals surface area contributed by atoms with Gasteiger partial charge in [0.25, 0.3) is 0 Å². The molecule has 14 rings (SSSR count). The summed E-state index contributed by atoms with van der Waals surface area (Å²) in [7, 11) is 0. The summed E-state index contributed by atoms with van der Waals surface area (Å²) in [6.45, 7) is 0. The maximum absolute atomic E-state index is 5.65. The van der Waals surface area contributed by atoms with Crippen LogP contribution in [0.15, 0.2) is 212 Å². The van der Waals surface area contributed by atoms with Gasteiger partial charge in [-0.3, -0.25) is 4.57 Å². The smallest absolute Gasteiger partial charge is 0.235 e. The molecule has 0 radical (unpaired) electrons. The van der Waals surface area contributed by atoms with Crippen LogP contribution < -0.4 is 0 Å². The van der Waals surface area contributed by atoms with Crippen molar-refractivity contribution in [3.63, 3.8) is 0 Å². The van der Waals surface area contributed by atoms with Gasteiger partial charge in [-0.25, -0.2) is 9.97 Å². The fourth-order valence-electron chi connectivity index (χ4n) is 10.6. The molecule has 0 aliphatic carbocycles. The lowest BCUT2D eigenvalue weighted by atomic mass is 10.0. The molecule has 4 heterocycles. The van der Waals surface area contributed by atoms with Crippen molar-refractivity contribution in [1.82, 2.24) is 23.7 Å². The molecule has 0 aliphatic rings. The molecule has 0 saturated heterocycles. The van der Waals surface area contributed by atoms with Gasteiger partial charge in [0.1, 0.15) is 0 Å². The summed E-state index contributed by atoms with van der Waals surface area (Å²) in [6, 6.07) is 76.6. The van der Waals surface area contributed by atoms with Gasteiger partial charge in [-0.05, 0) is 82.9 Å². The first-order chi connectivity index (χ1) is 31.3. The van der Waals surface area contributed by atoms with Gasteiger partial charge in [-0.15, -0.1) is 0 Å². The van der Waals surface area contributed by atoms with E-state index in [1.807, 2.05) is 0 Å². The highest BCUT2D eigenvalue weighted by atomic mass is 15.2. The summed E-state index contributed by atoms with van der Waals surface area (Å²) in [5.74, 6) is 0.638. The Kier molecular flexibility index (Phi) is 7.05. The molecule has 5 heteroatoms. The zero-order chi connectivity index (χ0) is 41.2. The zero-order valence-corrected chi connectivity index (χ0v) is 33.9. The standard InChI is InChI=1S/C58H35N5/c1-2-18-38(19-3-1)61-49-28-12-8-23-42(49)56-44(25-15-31-52(56)61)57-41-22-6-10-26-47(41)59-58(60-57)63-48-27-11-7-21-40(48)46-34-37-17-14-30-51(45(37)35-54(46)63)62-50-29-13-9-24-43(50)55-39-20-5-4-16-36(39)32-33-53(55)62/h1-35H. The first-order valence-corrected chi connectivity index (χ1v) is 21.5. The van der Waals surface area contributed by atoms with Crippen molar-refractivity contribution in [3.8, 4) is 28.6 Å². The average molecular weight is 802 g/mol. The Morgan fingerprint density at radius 2 is 0.905 bits per heavy atom. The minimum atomic E-state index is 0.638. The van der Waals surface area contributed by atoms with E-state index in [-0.39, 0.29) is 0 Å². The van der Waals surface area contributed by atoms with E-state index in [9.17, 15) is 0 Å². The van der Waals surface area contributed by atoms with Gasteiger partial charge in [0.2, 0.25) is 5.95 Å². The molecule has 0 amide bonds. The molecule has 0 N–H and O–H groups in total. The second-order valence-corrected chi connectivity index (χ2v) is 16.5. The molecule has 0 aliphatic heterocycles. The minimum Gasteiger partial charge on any atom is -0.309 e.